The minimum Gasteiger partial charge on any atom is -0.496 e. The third kappa shape index (κ3) is 5.12. The summed E-state index contributed by atoms with van der Waals surface area (Å²) in [7, 11) is 3.62. The van der Waals surface area contributed by atoms with Gasteiger partial charge >= 0.3 is 0 Å². The van der Waals surface area contributed by atoms with Crippen molar-refractivity contribution in [2.75, 3.05) is 40.5 Å². The highest BCUT2D eigenvalue weighted by Gasteiger charge is 2.34. The summed E-state index contributed by atoms with van der Waals surface area (Å²) < 4.78 is 11.0. The molecular weight excluding hydrogens is 352 g/mol. The van der Waals surface area contributed by atoms with Crippen molar-refractivity contribution in [2.45, 2.75) is 24.8 Å². The molecule has 0 unspecified atom stereocenters. The van der Waals surface area contributed by atoms with Crippen LogP contribution in [0.3, 0.4) is 0 Å². The normalized spacial score (nSPS) is 16.0. The van der Waals surface area contributed by atoms with Gasteiger partial charge in [-0.3, -0.25) is 9.69 Å². The molecule has 0 radical (unpaired) electrons. The highest BCUT2D eigenvalue weighted by molar-refractivity contribution is 5.78. The lowest BCUT2D eigenvalue weighted by Gasteiger charge is -2.38. The second-order valence-corrected chi connectivity index (χ2v) is 7.52. The molecule has 1 aliphatic rings. The molecule has 1 aliphatic heterocycles. The number of hydrogen-bond acceptors (Lipinski definition) is 4. The van der Waals surface area contributed by atoms with Gasteiger partial charge < -0.3 is 14.8 Å². The van der Waals surface area contributed by atoms with E-state index in [2.05, 4.69) is 29.6 Å². The van der Waals surface area contributed by atoms with Crippen LogP contribution < -0.4 is 10.1 Å². The number of nitrogens with one attached hydrogen (secondary N) is 1. The average molecular weight is 383 g/mol. The van der Waals surface area contributed by atoms with E-state index in [0.717, 1.165) is 37.4 Å². The topological polar surface area (TPSA) is 50.8 Å². The number of benzene rings is 2. The van der Waals surface area contributed by atoms with Gasteiger partial charge in [0.1, 0.15) is 5.75 Å². The number of carbonyl (C=O) groups excluding carboxylic acids is 1. The van der Waals surface area contributed by atoms with Crippen LogP contribution in [0.2, 0.25) is 0 Å². The summed E-state index contributed by atoms with van der Waals surface area (Å²) in [6.07, 6.45) is 1.85. The van der Waals surface area contributed by atoms with Gasteiger partial charge in [0.25, 0.3) is 0 Å². The molecule has 1 amide bonds. The summed E-state index contributed by atoms with van der Waals surface area (Å²) in [4.78, 5) is 14.6. The molecule has 1 N–H and O–H groups in total. The average Bonchev–Trinajstić information content (AvgIpc) is 2.74. The Morgan fingerprint density at radius 1 is 1.11 bits per heavy atom. The summed E-state index contributed by atoms with van der Waals surface area (Å²) in [5.74, 6) is 0.888. The quantitative estimate of drug-likeness (QED) is 0.763. The molecule has 0 aliphatic carbocycles. The first-order valence-electron chi connectivity index (χ1n) is 9.83. The molecule has 3 rings (SSSR count). The number of likely N-dealkylation sites (N-methyl/N-ethyl adjacent to an activating group) is 1. The Hall–Kier alpha value is -2.37. The summed E-state index contributed by atoms with van der Waals surface area (Å²) in [6.45, 7) is 3.12. The van der Waals surface area contributed by atoms with Gasteiger partial charge in [0.2, 0.25) is 5.91 Å². The number of carbonyl (C=O) groups is 1. The number of rotatable bonds is 8. The fraction of sp³-hybridized carbons (Fsp3) is 0.435. The van der Waals surface area contributed by atoms with E-state index in [9.17, 15) is 4.79 Å². The summed E-state index contributed by atoms with van der Waals surface area (Å²) >= 11 is 0. The van der Waals surface area contributed by atoms with Gasteiger partial charge in [-0.25, -0.2) is 0 Å². The highest BCUT2D eigenvalue weighted by atomic mass is 16.5. The first kappa shape index (κ1) is 20.4. The van der Waals surface area contributed by atoms with Crippen molar-refractivity contribution < 1.29 is 14.3 Å². The molecule has 1 heterocycles. The monoisotopic (exact) mass is 382 g/mol. The zero-order valence-electron chi connectivity index (χ0n) is 16.8. The van der Waals surface area contributed by atoms with Gasteiger partial charge in [0.15, 0.2) is 0 Å². The molecule has 28 heavy (non-hydrogen) atoms. The minimum atomic E-state index is -0.0452. The lowest BCUT2D eigenvalue weighted by Crippen LogP contribution is -2.46. The Morgan fingerprint density at radius 2 is 1.79 bits per heavy atom. The van der Waals surface area contributed by atoms with E-state index >= 15 is 0 Å². The van der Waals surface area contributed by atoms with Crippen molar-refractivity contribution in [3.05, 3.63) is 65.7 Å². The molecule has 1 saturated heterocycles. The minimum absolute atomic E-state index is 0.0409. The van der Waals surface area contributed by atoms with E-state index in [-0.39, 0.29) is 11.3 Å². The fourth-order valence-corrected chi connectivity index (χ4v) is 3.87. The van der Waals surface area contributed by atoms with Crippen LogP contribution in [-0.4, -0.2) is 51.3 Å². The number of nitrogens with zero attached hydrogens (tertiary/aromatic N) is 1. The van der Waals surface area contributed by atoms with Crippen LogP contribution in [-0.2, 0) is 21.5 Å². The lowest BCUT2D eigenvalue weighted by molar-refractivity contribution is -0.122. The van der Waals surface area contributed by atoms with Crippen LogP contribution in [0.25, 0.3) is 0 Å². The molecule has 1 fully saturated rings. The van der Waals surface area contributed by atoms with Gasteiger partial charge in [-0.05, 0) is 31.5 Å². The van der Waals surface area contributed by atoms with Crippen LogP contribution in [0.1, 0.15) is 24.0 Å². The Bertz CT molecular complexity index is 757. The second kappa shape index (κ2) is 9.71. The maximum atomic E-state index is 12.6. The van der Waals surface area contributed by atoms with Crippen molar-refractivity contribution in [3.8, 4) is 5.75 Å². The predicted octanol–water partition coefficient (Wildman–Crippen LogP) is 2.99. The molecule has 0 spiro atoms. The number of hydrogen-bond donors (Lipinski definition) is 1. The van der Waals surface area contributed by atoms with E-state index < -0.39 is 0 Å². The van der Waals surface area contributed by atoms with Crippen LogP contribution in [0.4, 0.5) is 0 Å². The second-order valence-electron chi connectivity index (χ2n) is 7.52. The Morgan fingerprint density at radius 3 is 2.50 bits per heavy atom. The Balaban J connectivity index is 1.57. The maximum Gasteiger partial charge on any atom is 0.234 e. The van der Waals surface area contributed by atoms with E-state index in [1.54, 1.807) is 7.11 Å². The first-order chi connectivity index (χ1) is 13.6. The maximum absolute atomic E-state index is 12.6. The van der Waals surface area contributed by atoms with Gasteiger partial charge in [-0.15, -0.1) is 0 Å². The molecule has 2 aromatic rings. The third-order valence-corrected chi connectivity index (χ3v) is 5.51. The Labute approximate surface area is 167 Å². The lowest BCUT2D eigenvalue weighted by atomic mass is 9.74. The van der Waals surface area contributed by atoms with Gasteiger partial charge in [-0.2, -0.15) is 0 Å². The standard InChI is InChI=1S/C23H30N2O3/c1-25(16-19-8-6-7-11-21(19)27-2)17-22(26)24-18-23(12-14-28-15-13-23)20-9-4-3-5-10-20/h3-11H,12-18H2,1-2H3,(H,24,26). The molecule has 5 nitrogen and oxygen atoms in total. The van der Waals surface area contributed by atoms with Crippen LogP contribution >= 0.6 is 0 Å². The summed E-state index contributed by atoms with van der Waals surface area (Å²) in [5.41, 5.74) is 2.31. The molecule has 0 saturated carbocycles. The molecule has 2 aromatic carbocycles. The van der Waals surface area contributed by atoms with Crippen LogP contribution in [0.5, 0.6) is 5.75 Å². The van der Waals surface area contributed by atoms with Crippen molar-refractivity contribution in [3.63, 3.8) is 0 Å². The molecule has 0 bridgehead atoms. The van der Waals surface area contributed by atoms with Gasteiger partial charge in [0, 0.05) is 37.3 Å². The van der Waals surface area contributed by atoms with Gasteiger partial charge in [-0.1, -0.05) is 48.5 Å². The highest BCUT2D eigenvalue weighted by Crippen LogP contribution is 2.34. The van der Waals surface area contributed by atoms with Gasteiger partial charge in [0.05, 0.1) is 13.7 Å². The summed E-state index contributed by atoms with van der Waals surface area (Å²) in [6, 6.07) is 18.4. The zero-order chi connectivity index (χ0) is 19.8. The number of methoxy groups -OCH3 is 1. The molecule has 150 valence electrons. The largest absolute Gasteiger partial charge is 0.496 e. The number of para-hydroxylation sites is 1. The van der Waals surface area contributed by atoms with E-state index in [4.69, 9.17) is 9.47 Å². The predicted molar refractivity (Wildman–Crippen MR) is 111 cm³/mol. The smallest absolute Gasteiger partial charge is 0.234 e. The SMILES string of the molecule is COc1ccccc1CN(C)CC(=O)NCC1(c2ccccc2)CCOCC1. The van der Waals surface area contributed by atoms with Crippen LogP contribution in [0.15, 0.2) is 54.6 Å². The molecule has 0 aromatic heterocycles. The van der Waals surface area contributed by atoms with Crippen LogP contribution in [0, 0.1) is 0 Å². The van der Waals surface area contributed by atoms with Crippen molar-refractivity contribution in [2.24, 2.45) is 0 Å². The third-order valence-electron chi connectivity index (χ3n) is 5.51. The molecule has 0 atom stereocenters. The Kier molecular flexibility index (Phi) is 7.06. The first-order valence-corrected chi connectivity index (χ1v) is 9.83. The molecule has 5 heteroatoms. The molecular formula is C23H30N2O3. The van der Waals surface area contributed by atoms with E-state index in [0.29, 0.717) is 19.6 Å². The van der Waals surface area contributed by atoms with Crippen molar-refractivity contribution in [1.29, 1.82) is 0 Å². The van der Waals surface area contributed by atoms with E-state index in [1.807, 2.05) is 42.3 Å². The fourth-order valence-electron chi connectivity index (χ4n) is 3.87. The van der Waals surface area contributed by atoms with E-state index in [1.165, 1.54) is 5.56 Å². The summed E-state index contributed by atoms with van der Waals surface area (Å²) in [5, 5.41) is 3.17. The van der Waals surface area contributed by atoms with Crippen molar-refractivity contribution >= 4 is 5.91 Å². The van der Waals surface area contributed by atoms with Crippen molar-refractivity contribution in [1.82, 2.24) is 10.2 Å². The number of amides is 1. The number of ether oxygens (including phenoxy) is 2. The zero-order valence-corrected chi connectivity index (χ0v) is 16.8.